The molecule has 7 heteroatoms. The van der Waals surface area contributed by atoms with Crippen LogP contribution in [-0.2, 0) is 4.79 Å². The van der Waals surface area contributed by atoms with Gasteiger partial charge >= 0.3 is 6.03 Å². The van der Waals surface area contributed by atoms with Gasteiger partial charge in [0.25, 0.3) is 5.91 Å². The second kappa shape index (κ2) is 8.17. The van der Waals surface area contributed by atoms with Gasteiger partial charge < -0.3 is 10.6 Å². The number of amides is 3. The number of hydroxylamine groups is 1. The van der Waals surface area contributed by atoms with Crippen molar-refractivity contribution in [1.82, 2.24) is 10.8 Å². The SMILES string of the molecule is O=C(/C=C/C1=CC=C(NC(=O)Nc2ccc(Cl)cc2)CC1)NO. The van der Waals surface area contributed by atoms with E-state index in [2.05, 4.69) is 10.6 Å². The molecule has 0 aromatic heterocycles. The fraction of sp³-hybridized carbons (Fsp3) is 0.125. The standard InChI is InChI=1S/C16H16ClN3O3/c17-12-4-8-14(9-5-12)19-16(22)18-13-6-1-11(2-7-13)3-10-15(21)20-23/h1,3-6,8-10,23H,2,7H2,(H,20,21)(H2,18,19,22)/b10-3+. The van der Waals surface area contributed by atoms with E-state index >= 15 is 0 Å². The van der Waals surface area contributed by atoms with E-state index in [1.807, 2.05) is 6.08 Å². The largest absolute Gasteiger partial charge is 0.323 e. The first-order valence-corrected chi connectivity index (χ1v) is 7.30. The Hall–Kier alpha value is -2.57. The molecule has 1 aliphatic rings. The molecule has 120 valence electrons. The van der Waals surface area contributed by atoms with E-state index in [-0.39, 0.29) is 6.03 Å². The molecule has 0 heterocycles. The van der Waals surface area contributed by atoms with Gasteiger partial charge in [-0.25, -0.2) is 10.3 Å². The molecule has 3 amide bonds. The summed E-state index contributed by atoms with van der Waals surface area (Å²) in [7, 11) is 0. The lowest BCUT2D eigenvalue weighted by Gasteiger charge is -2.14. The van der Waals surface area contributed by atoms with E-state index in [9.17, 15) is 9.59 Å². The lowest BCUT2D eigenvalue weighted by molar-refractivity contribution is -0.124. The third-order valence-electron chi connectivity index (χ3n) is 3.12. The van der Waals surface area contributed by atoms with Crippen molar-refractivity contribution in [3.05, 3.63) is 64.9 Å². The normalized spacial score (nSPS) is 14.0. The third kappa shape index (κ3) is 5.61. The molecule has 6 nitrogen and oxygen atoms in total. The number of hydrogen-bond donors (Lipinski definition) is 4. The number of rotatable bonds is 4. The van der Waals surface area contributed by atoms with Gasteiger partial charge in [0.2, 0.25) is 0 Å². The summed E-state index contributed by atoms with van der Waals surface area (Å²) in [6.07, 6.45) is 7.77. The lowest BCUT2D eigenvalue weighted by atomic mass is 10.0. The highest BCUT2D eigenvalue weighted by atomic mass is 35.5. The second-order valence-electron chi connectivity index (χ2n) is 4.83. The summed E-state index contributed by atoms with van der Waals surface area (Å²) in [6, 6.07) is 6.49. The molecule has 0 radical (unpaired) electrons. The topological polar surface area (TPSA) is 90.5 Å². The molecule has 1 aromatic rings. The van der Waals surface area contributed by atoms with Crippen LogP contribution in [0.1, 0.15) is 12.8 Å². The molecule has 1 aromatic carbocycles. The number of carbonyl (C=O) groups is 2. The molecule has 0 spiro atoms. The molecule has 23 heavy (non-hydrogen) atoms. The van der Waals surface area contributed by atoms with Crippen LogP contribution in [0.4, 0.5) is 10.5 Å². The average molecular weight is 334 g/mol. The van der Waals surface area contributed by atoms with Gasteiger partial charge in [-0.2, -0.15) is 0 Å². The van der Waals surface area contributed by atoms with Gasteiger partial charge in [-0.05, 0) is 48.8 Å². The van der Waals surface area contributed by atoms with Gasteiger partial charge in [-0.15, -0.1) is 0 Å². The van der Waals surface area contributed by atoms with Crippen LogP contribution in [0.25, 0.3) is 0 Å². The van der Waals surface area contributed by atoms with Crippen LogP contribution in [0.15, 0.2) is 59.8 Å². The zero-order chi connectivity index (χ0) is 16.7. The summed E-state index contributed by atoms with van der Waals surface area (Å²) in [4.78, 5) is 22.8. The monoisotopic (exact) mass is 333 g/mol. The fourth-order valence-corrected chi connectivity index (χ4v) is 2.08. The Labute approximate surface area is 138 Å². The zero-order valence-corrected chi connectivity index (χ0v) is 12.9. The molecular formula is C16H16ClN3O3. The first-order chi connectivity index (χ1) is 11.1. The van der Waals surface area contributed by atoms with Crippen molar-refractivity contribution >= 4 is 29.2 Å². The number of benzene rings is 1. The Morgan fingerprint density at radius 1 is 1.09 bits per heavy atom. The number of anilines is 1. The van der Waals surface area contributed by atoms with Crippen molar-refractivity contribution in [2.45, 2.75) is 12.8 Å². The van der Waals surface area contributed by atoms with Gasteiger partial charge in [0.1, 0.15) is 0 Å². The summed E-state index contributed by atoms with van der Waals surface area (Å²) >= 11 is 5.78. The van der Waals surface area contributed by atoms with Crippen molar-refractivity contribution in [2.75, 3.05) is 5.32 Å². The van der Waals surface area contributed by atoms with Gasteiger partial charge in [-0.1, -0.05) is 23.8 Å². The van der Waals surface area contributed by atoms with Crippen LogP contribution in [0, 0.1) is 0 Å². The average Bonchev–Trinajstić information content (AvgIpc) is 2.56. The highest BCUT2D eigenvalue weighted by Crippen LogP contribution is 2.18. The number of allylic oxidation sites excluding steroid dienone is 5. The fourth-order valence-electron chi connectivity index (χ4n) is 1.96. The Kier molecular flexibility index (Phi) is 5.96. The Balaban J connectivity index is 1.88. The van der Waals surface area contributed by atoms with E-state index < -0.39 is 5.91 Å². The van der Waals surface area contributed by atoms with Gasteiger partial charge in [-0.3, -0.25) is 10.0 Å². The third-order valence-corrected chi connectivity index (χ3v) is 3.37. The van der Waals surface area contributed by atoms with Crippen LogP contribution in [0.3, 0.4) is 0 Å². The Morgan fingerprint density at radius 2 is 1.83 bits per heavy atom. The van der Waals surface area contributed by atoms with Crippen LogP contribution in [-0.4, -0.2) is 17.1 Å². The van der Waals surface area contributed by atoms with Crippen LogP contribution in [0.2, 0.25) is 5.02 Å². The van der Waals surface area contributed by atoms with Crippen molar-refractivity contribution in [2.24, 2.45) is 0 Å². The van der Waals surface area contributed by atoms with Crippen LogP contribution in [0.5, 0.6) is 0 Å². The molecule has 0 fully saturated rings. The molecule has 0 aliphatic heterocycles. The molecule has 0 saturated carbocycles. The predicted octanol–water partition coefficient (Wildman–Crippen LogP) is 3.13. The zero-order valence-electron chi connectivity index (χ0n) is 12.2. The van der Waals surface area contributed by atoms with E-state index in [0.717, 1.165) is 11.3 Å². The highest BCUT2D eigenvalue weighted by molar-refractivity contribution is 6.30. The van der Waals surface area contributed by atoms with Crippen LogP contribution < -0.4 is 16.1 Å². The first kappa shape index (κ1) is 16.8. The Morgan fingerprint density at radius 3 is 2.43 bits per heavy atom. The maximum Gasteiger partial charge on any atom is 0.323 e. The summed E-state index contributed by atoms with van der Waals surface area (Å²) in [5.41, 5.74) is 3.88. The quantitative estimate of drug-likeness (QED) is 0.387. The number of hydrogen-bond acceptors (Lipinski definition) is 3. The number of urea groups is 1. The maximum atomic E-state index is 11.9. The van der Waals surface area contributed by atoms with E-state index in [0.29, 0.717) is 23.6 Å². The predicted molar refractivity (Wildman–Crippen MR) is 88.1 cm³/mol. The van der Waals surface area contributed by atoms with Gasteiger partial charge in [0, 0.05) is 22.5 Å². The molecule has 0 unspecified atom stereocenters. The Bertz CT molecular complexity index is 678. The van der Waals surface area contributed by atoms with Gasteiger partial charge in [0.15, 0.2) is 0 Å². The van der Waals surface area contributed by atoms with E-state index in [1.54, 1.807) is 36.4 Å². The maximum absolute atomic E-state index is 11.9. The second-order valence-corrected chi connectivity index (χ2v) is 5.27. The minimum atomic E-state index is -0.582. The smallest absolute Gasteiger partial charge is 0.312 e. The summed E-state index contributed by atoms with van der Waals surface area (Å²) in [5.74, 6) is -0.582. The van der Waals surface area contributed by atoms with Crippen LogP contribution >= 0.6 is 11.6 Å². The molecular weight excluding hydrogens is 318 g/mol. The summed E-state index contributed by atoms with van der Waals surface area (Å²) in [6.45, 7) is 0. The van der Waals surface area contributed by atoms with E-state index in [4.69, 9.17) is 16.8 Å². The van der Waals surface area contributed by atoms with Crippen molar-refractivity contribution in [3.8, 4) is 0 Å². The molecule has 4 N–H and O–H groups in total. The molecule has 0 bridgehead atoms. The van der Waals surface area contributed by atoms with Crippen molar-refractivity contribution < 1.29 is 14.8 Å². The number of halogens is 1. The van der Waals surface area contributed by atoms with Crippen molar-refractivity contribution in [3.63, 3.8) is 0 Å². The number of carbonyl (C=O) groups excluding carboxylic acids is 2. The molecule has 0 atom stereocenters. The summed E-state index contributed by atoms with van der Waals surface area (Å²) in [5, 5.41) is 14.5. The van der Waals surface area contributed by atoms with Gasteiger partial charge in [0.05, 0.1) is 0 Å². The molecule has 0 saturated heterocycles. The highest BCUT2D eigenvalue weighted by Gasteiger charge is 2.08. The molecule has 1 aliphatic carbocycles. The lowest BCUT2D eigenvalue weighted by Crippen LogP contribution is -2.28. The van der Waals surface area contributed by atoms with Crippen molar-refractivity contribution in [1.29, 1.82) is 0 Å². The molecule has 2 rings (SSSR count). The minimum Gasteiger partial charge on any atom is -0.312 e. The minimum absolute atomic E-state index is 0.328. The number of nitrogens with one attached hydrogen (secondary N) is 3. The first-order valence-electron chi connectivity index (χ1n) is 6.92. The summed E-state index contributed by atoms with van der Waals surface area (Å²) < 4.78 is 0. The van der Waals surface area contributed by atoms with E-state index in [1.165, 1.54) is 11.6 Å².